The Bertz CT molecular complexity index is 1190. The number of amides is 3. The molecule has 3 atom stereocenters. The van der Waals surface area contributed by atoms with Crippen molar-refractivity contribution in [3.63, 3.8) is 0 Å². The number of fused-ring (bicyclic) bond motifs is 4. The molecular formula is C28H38BN3O7. The summed E-state index contributed by atoms with van der Waals surface area (Å²) in [7, 11) is -0.581. The van der Waals surface area contributed by atoms with Crippen LogP contribution in [0.1, 0.15) is 69.7 Å². The molecule has 3 amide bonds. The molecule has 39 heavy (non-hydrogen) atoms. The molecule has 11 heteroatoms. The van der Waals surface area contributed by atoms with E-state index < -0.39 is 30.5 Å². The highest BCUT2D eigenvalue weighted by atomic mass is 16.7. The lowest BCUT2D eigenvalue weighted by Gasteiger charge is -2.46. The zero-order chi connectivity index (χ0) is 27.7. The van der Waals surface area contributed by atoms with Gasteiger partial charge in [-0.2, -0.15) is 0 Å². The first-order chi connectivity index (χ1) is 18.4. The smallest absolute Gasteiger partial charge is 0.465 e. The van der Waals surface area contributed by atoms with Crippen LogP contribution >= 0.6 is 0 Å². The molecule has 4 saturated heterocycles. The number of ketones is 1. The number of Topliss-reactive ketones (excluding diaryl/α,β-unsaturated/α-hetero) is 1. The molecule has 0 spiro atoms. The second-order valence-electron chi connectivity index (χ2n) is 12.6. The lowest BCUT2D eigenvalue weighted by Crippen LogP contribution is -2.58. The van der Waals surface area contributed by atoms with E-state index in [1.165, 1.54) is 4.90 Å². The highest BCUT2D eigenvalue weighted by Crippen LogP contribution is 2.39. The second-order valence-corrected chi connectivity index (χ2v) is 12.6. The summed E-state index contributed by atoms with van der Waals surface area (Å²) < 4.78 is 18.5. The van der Waals surface area contributed by atoms with Gasteiger partial charge in [0.1, 0.15) is 5.78 Å². The molecule has 1 aromatic carbocycles. The minimum atomic E-state index is -0.990. The van der Waals surface area contributed by atoms with Crippen molar-refractivity contribution in [1.82, 2.24) is 14.7 Å². The fraction of sp³-hybridized carbons (Fsp3) is 0.679. The molecule has 1 aromatic rings. The average molecular weight is 539 g/mol. The summed E-state index contributed by atoms with van der Waals surface area (Å²) in [4.78, 5) is 43.4. The third-order valence-electron chi connectivity index (χ3n) is 9.77. The van der Waals surface area contributed by atoms with E-state index in [1.54, 1.807) is 0 Å². The number of urea groups is 1. The third kappa shape index (κ3) is 4.52. The first kappa shape index (κ1) is 26.6. The summed E-state index contributed by atoms with van der Waals surface area (Å²) in [5.41, 5.74) is 2.72. The summed E-state index contributed by atoms with van der Waals surface area (Å²) in [6, 6.07) is 3.55. The molecule has 7 rings (SSSR count). The van der Waals surface area contributed by atoms with Gasteiger partial charge in [0.15, 0.2) is 0 Å². The van der Waals surface area contributed by atoms with Crippen molar-refractivity contribution in [3.8, 4) is 0 Å². The van der Waals surface area contributed by atoms with Crippen molar-refractivity contribution < 1.29 is 33.5 Å². The Morgan fingerprint density at radius 1 is 1.05 bits per heavy atom. The molecule has 6 aliphatic rings. The molecule has 5 aliphatic heterocycles. The summed E-state index contributed by atoms with van der Waals surface area (Å²) in [6.07, 6.45) is 1.85. The molecule has 0 aromatic heterocycles. The minimum Gasteiger partial charge on any atom is -0.465 e. The number of piperidine rings is 2. The summed E-state index contributed by atoms with van der Waals surface area (Å²) in [5, 5.41) is 10.0. The standard InChI is InChI=1S/C28H38BN3O7/c1-27(2)28(3,4)39-29(38-27)19-11-17-7-8-30(25(34)32-14-18-5-6-20(32)13-24(18)33)15-22(17)21(12-19)23-16-37-10-9-31(23)26(35)36/h11-12,18,20,23H,5-10,13-16H2,1-4H3,(H,35,36)/t18?,20?,23-/m0/s1. The van der Waals surface area contributed by atoms with Crippen LogP contribution in [-0.4, -0.2) is 94.9 Å². The maximum absolute atomic E-state index is 13.7. The lowest BCUT2D eigenvalue weighted by molar-refractivity contribution is -0.131. The quantitative estimate of drug-likeness (QED) is 0.576. The van der Waals surface area contributed by atoms with Gasteiger partial charge in [-0.25, -0.2) is 9.59 Å². The molecular weight excluding hydrogens is 501 g/mol. The first-order valence-corrected chi connectivity index (χ1v) is 14.1. The predicted molar refractivity (Wildman–Crippen MR) is 143 cm³/mol. The topological polar surface area (TPSA) is 109 Å². The molecule has 1 saturated carbocycles. The van der Waals surface area contributed by atoms with E-state index in [0.717, 1.165) is 35.0 Å². The van der Waals surface area contributed by atoms with Crippen LogP contribution < -0.4 is 5.46 Å². The highest BCUT2D eigenvalue weighted by Gasteiger charge is 2.52. The van der Waals surface area contributed by atoms with Gasteiger partial charge in [-0.1, -0.05) is 12.1 Å². The van der Waals surface area contributed by atoms with Gasteiger partial charge in [0, 0.05) is 44.6 Å². The number of carboxylic acid groups (broad SMARTS) is 1. The number of benzene rings is 1. The first-order valence-electron chi connectivity index (χ1n) is 14.1. The third-order valence-corrected chi connectivity index (χ3v) is 9.77. The molecule has 5 fully saturated rings. The number of nitrogens with zero attached hydrogens (tertiary/aromatic N) is 3. The van der Waals surface area contributed by atoms with E-state index >= 15 is 0 Å². The van der Waals surface area contributed by atoms with Gasteiger partial charge in [-0.05, 0) is 69.1 Å². The minimum absolute atomic E-state index is 0.0177. The fourth-order valence-electron chi connectivity index (χ4n) is 6.71. The van der Waals surface area contributed by atoms with Crippen LogP contribution in [0.25, 0.3) is 0 Å². The van der Waals surface area contributed by atoms with Crippen LogP contribution in [0.5, 0.6) is 0 Å². The van der Waals surface area contributed by atoms with Crippen LogP contribution in [0.3, 0.4) is 0 Å². The number of ether oxygens (including phenoxy) is 1. The Morgan fingerprint density at radius 2 is 1.79 bits per heavy atom. The van der Waals surface area contributed by atoms with Crippen LogP contribution in [-0.2, 0) is 31.8 Å². The maximum atomic E-state index is 13.7. The van der Waals surface area contributed by atoms with Crippen molar-refractivity contribution in [2.75, 3.05) is 32.8 Å². The monoisotopic (exact) mass is 539 g/mol. The molecule has 210 valence electrons. The van der Waals surface area contributed by atoms with E-state index in [2.05, 4.69) is 6.07 Å². The van der Waals surface area contributed by atoms with Gasteiger partial charge in [-0.3, -0.25) is 9.69 Å². The van der Waals surface area contributed by atoms with E-state index in [0.29, 0.717) is 39.1 Å². The SMILES string of the molecule is CC1(C)OB(c2cc3c(c([C@@H]4COCCN4C(=O)O)c2)CN(C(=O)N2CC4CCC2CC4=O)CC3)OC1(C)C. The van der Waals surface area contributed by atoms with E-state index in [-0.39, 0.29) is 36.9 Å². The Kier molecular flexibility index (Phi) is 6.47. The zero-order valence-corrected chi connectivity index (χ0v) is 23.3. The van der Waals surface area contributed by atoms with Crippen LogP contribution in [0.2, 0.25) is 0 Å². The predicted octanol–water partition coefficient (Wildman–Crippen LogP) is 2.57. The van der Waals surface area contributed by atoms with Gasteiger partial charge in [-0.15, -0.1) is 0 Å². The maximum Gasteiger partial charge on any atom is 0.494 e. The Balaban J connectivity index is 1.34. The number of hydrogen-bond acceptors (Lipinski definition) is 6. The second kappa shape index (κ2) is 9.49. The molecule has 1 N–H and O–H groups in total. The normalized spacial score (nSPS) is 29.5. The van der Waals surface area contributed by atoms with Crippen molar-refractivity contribution in [2.24, 2.45) is 5.92 Å². The summed E-state index contributed by atoms with van der Waals surface area (Å²) >= 11 is 0. The average Bonchev–Trinajstić information content (AvgIpc) is 3.14. The molecule has 0 radical (unpaired) electrons. The van der Waals surface area contributed by atoms with E-state index in [4.69, 9.17) is 14.0 Å². The van der Waals surface area contributed by atoms with Crippen molar-refractivity contribution in [2.45, 2.75) is 83.2 Å². The van der Waals surface area contributed by atoms with Crippen molar-refractivity contribution in [1.29, 1.82) is 0 Å². The number of carbonyl (C=O) groups excluding carboxylic acids is 2. The summed E-state index contributed by atoms with van der Waals surface area (Å²) in [5.74, 6) is 0.237. The molecule has 2 bridgehead atoms. The number of rotatable bonds is 2. The van der Waals surface area contributed by atoms with Gasteiger partial charge < -0.3 is 29.0 Å². The zero-order valence-electron chi connectivity index (χ0n) is 23.3. The van der Waals surface area contributed by atoms with Gasteiger partial charge >= 0.3 is 19.2 Å². The Hall–Kier alpha value is -2.63. The molecule has 5 heterocycles. The Labute approximate surface area is 229 Å². The van der Waals surface area contributed by atoms with E-state index in [1.807, 2.05) is 43.6 Å². The van der Waals surface area contributed by atoms with Crippen LogP contribution in [0, 0.1) is 5.92 Å². The molecule has 2 unspecified atom stereocenters. The van der Waals surface area contributed by atoms with Gasteiger partial charge in [0.2, 0.25) is 0 Å². The Morgan fingerprint density at radius 3 is 2.44 bits per heavy atom. The highest BCUT2D eigenvalue weighted by molar-refractivity contribution is 6.62. The largest absolute Gasteiger partial charge is 0.494 e. The van der Waals surface area contributed by atoms with E-state index in [9.17, 15) is 19.5 Å². The van der Waals surface area contributed by atoms with Gasteiger partial charge in [0.25, 0.3) is 0 Å². The molecule has 1 aliphatic carbocycles. The van der Waals surface area contributed by atoms with Gasteiger partial charge in [0.05, 0.1) is 30.5 Å². The van der Waals surface area contributed by atoms with Crippen molar-refractivity contribution >= 4 is 30.5 Å². The number of hydrogen-bond donors (Lipinski definition) is 1. The van der Waals surface area contributed by atoms with Crippen LogP contribution in [0.15, 0.2) is 12.1 Å². The number of carbonyl (C=O) groups is 3. The molecule has 10 nitrogen and oxygen atoms in total. The lowest BCUT2D eigenvalue weighted by atomic mass is 9.74. The van der Waals surface area contributed by atoms with Crippen LogP contribution in [0.4, 0.5) is 9.59 Å². The summed E-state index contributed by atoms with van der Waals surface area (Å²) in [6.45, 7) is 10.4. The number of morpholine rings is 1. The fourth-order valence-corrected chi connectivity index (χ4v) is 6.71. The van der Waals surface area contributed by atoms with Crippen molar-refractivity contribution in [3.05, 3.63) is 28.8 Å².